The Morgan fingerprint density at radius 2 is 2.32 bits per heavy atom. The van der Waals surface area contributed by atoms with Crippen molar-refractivity contribution >= 4 is 22.7 Å². The summed E-state index contributed by atoms with van der Waals surface area (Å²) in [6.07, 6.45) is 3.60. The van der Waals surface area contributed by atoms with Gasteiger partial charge in [-0.15, -0.1) is 0 Å². The van der Waals surface area contributed by atoms with Crippen LogP contribution >= 0.6 is 0 Å². The minimum Gasteiger partial charge on any atom is -0.469 e. The predicted octanol–water partition coefficient (Wildman–Crippen LogP) is 1.94. The Morgan fingerprint density at radius 3 is 3.00 bits per heavy atom. The number of nitrogens with one attached hydrogen (secondary N) is 1. The maximum atomic E-state index is 11.7. The van der Waals surface area contributed by atoms with Crippen LogP contribution in [0.25, 0.3) is 11.0 Å². The van der Waals surface area contributed by atoms with Gasteiger partial charge in [0.05, 0.1) is 29.9 Å². The molecule has 1 fully saturated rings. The van der Waals surface area contributed by atoms with Crippen LogP contribution in [-0.2, 0) is 16.6 Å². The zero-order valence-electron chi connectivity index (χ0n) is 11.1. The van der Waals surface area contributed by atoms with Crippen molar-refractivity contribution in [2.75, 3.05) is 19.0 Å². The number of carbonyl (C=O) groups is 1. The third-order valence-corrected chi connectivity index (χ3v) is 3.83. The molecule has 5 nitrogen and oxygen atoms in total. The summed E-state index contributed by atoms with van der Waals surface area (Å²) in [4.78, 5) is 16.0. The standard InChI is InChI=1S/C14H17N3O2/c1-17-9-16-11-7-10(3-4-12(11)17)15-8-14(5-6-14)13(18)19-2/h3-4,7,9,15H,5-6,8H2,1-2H3. The first-order valence-electron chi connectivity index (χ1n) is 6.38. The smallest absolute Gasteiger partial charge is 0.313 e. The average molecular weight is 259 g/mol. The minimum atomic E-state index is -0.312. The number of nitrogens with zero attached hydrogens (tertiary/aromatic N) is 2. The molecule has 1 aliphatic carbocycles. The molecular formula is C14H17N3O2. The molecule has 0 bridgehead atoms. The van der Waals surface area contributed by atoms with Crippen LogP contribution in [0.1, 0.15) is 12.8 Å². The van der Waals surface area contributed by atoms with Crippen LogP contribution in [0.5, 0.6) is 0 Å². The van der Waals surface area contributed by atoms with Gasteiger partial charge in [-0.3, -0.25) is 4.79 Å². The molecule has 0 radical (unpaired) electrons. The van der Waals surface area contributed by atoms with E-state index in [-0.39, 0.29) is 11.4 Å². The van der Waals surface area contributed by atoms with E-state index in [1.807, 2.05) is 29.8 Å². The number of esters is 1. The predicted molar refractivity (Wildman–Crippen MR) is 72.9 cm³/mol. The Labute approximate surface area is 111 Å². The van der Waals surface area contributed by atoms with E-state index >= 15 is 0 Å². The number of anilines is 1. The van der Waals surface area contributed by atoms with Crippen molar-refractivity contribution in [2.24, 2.45) is 12.5 Å². The van der Waals surface area contributed by atoms with E-state index in [1.54, 1.807) is 6.33 Å². The Kier molecular flexibility index (Phi) is 2.69. The number of aromatic nitrogens is 2. The number of imidazole rings is 1. The van der Waals surface area contributed by atoms with Crippen molar-refractivity contribution in [3.8, 4) is 0 Å². The van der Waals surface area contributed by atoms with E-state index in [1.165, 1.54) is 7.11 Å². The summed E-state index contributed by atoms with van der Waals surface area (Å²) in [5.74, 6) is -0.112. The van der Waals surface area contributed by atoms with E-state index in [4.69, 9.17) is 4.74 Å². The van der Waals surface area contributed by atoms with Crippen LogP contribution < -0.4 is 5.32 Å². The number of fused-ring (bicyclic) bond motifs is 1. The number of hydrogen-bond donors (Lipinski definition) is 1. The number of aryl methyl sites for hydroxylation is 1. The number of hydrogen-bond acceptors (Lipinski definition) is 4. The number of methoxy groups -OCH3 is 1. The zero-order valence-corrected chi connectivity index (χ0v) is 11.1. The van der Waals surface area contributed by atoms with Crippen LogP contribution in [0, 0.1) is 5.41 Å². The van der Waals surface area contributed by atoms with Gasteiger partial charge in [-0.1, -0.05) is 0 Å². The number of carbonyl (C=O) groups excluding carboxylic acids is 1. The highest BCUT2D eigenvalue weighted by Crippen LogP contribution is 2.46. The van der Waals surface area contributed by atoms with Gasteiger partial charge in [-0.2, -0.15) is 0 Å². The summed E-state index contributed by atoms with van der Waals surface area (Å²) in [5.41, 5.74) is 2.73. The molecule has 0 atom stereocenters. The first-order valence-corrected chi connectivity index (χ1v) is 6.38. The van der Waals surface area contributed by atoms with E-state index in [0.29, 0.717) is 6.54 Å². The molecule has 0 aliphatic heterocycles. The maximum absolute atomic E-state index is 11.7. The molecule has 1 aliphatic rings. The Morgan fingerprint density at radius 1 is 1.53 bits per heavy atom. The lowest BCUT2D eigenvalue weighted by molar-refractivity contribution is -0.146. The first kappa shape index (κ1) is 12.0. The molecule has 0 unspecified atom stereocenters. The molecule has 0 saturated heterocycles. The molecule has 1 aromatic heterocycles. The molecule has 2 aromatic rings. The summed E-state index contributed by atoms with van der Waals surface area (Å²) in [6, 6.07) is 6.04. The second-order valence-corrected chi connectivity index (χ2v) is 5.18. The molecule has 1 aromatic carbocycles. The number of benzene rings is 1. The van der Waals surface area contributed by atoms with Crippen molar-refractivity contribution < 1.29 is 9.53 Å². The molecule has 0 amide bonds. The van der Waals surface area contributed by atoms with E-state index in [9.17, 15) is 4.79 Å². The van der Waals surface area contributed by atoms with Crippen molar-refractivity contribution in [1.82, 2.24) is 9.55 Å². The maximum Gasteiger partial charge on any atom is 0.313 e. The SMILES string of the molecule is COC(=O)C1(CNc2ccc3c(c2)ncn3C)CC1. The van der Waals surface area contributed by atoms with Gasteiger partial charge < -0.3 is 14.6 Å². The molecule has 1 saturated carbocycles. The Balaban J connectivity index is 1.74. The molecule has 1 N–H and O–H groups in total. The molecular weight excluding hydrogens is 242 g/mol. The highest BCUT2D eigenvalue weighted by molar-refractivity contribution is 5.82. The molecule has 0 spiro atoms. The fourth-order valence-electron chi connectivity index (χ4n) is 2.34. The van der Waals surface area contributed by atoms with Gasteiger partial charge in [0.25, 0.3) is 0 Å². The quantitative estimate of drug-likeness (QED) is 0.852. The van der Waals surface area contributed by atoms with Crippen LogP contribution in [0.2, 0.25) is 0 Å². The first-order chi connectivity index (χ1) is 9.14. The Bertz CT molecular complexity index is 629. The van der Waals surface area contributed by atoms with Gasteiger partial charge in [0.2, 0.25) is 0 Å². The minimum absolute atomic E-state index is 0.112. The van der Waals surface area contributed by atoms with E-state index in [2.05, 4.69) is 10.3 Å². The zero-order chi connectivity index (χ0) is 13.5. The van der Waals surface area contributed by atoms with Gasteiger partial charge in [0, 0.05) is 19.3 Å². The summed E-state index contributed by atoms with van der Waals surface area (Å²) in [6.45, 7) is 0.623. The lowest BCUT2D eigenvalue weighted by Crippen LogP contribution is -2.25. The summed E-state index contributed by atoms with van der Waals surface area (Å²) < 4.78 is 6.83. The average Bonchev–Trinajstić information content (AvgIpc) is 3.15. The highest BCUT2D eigenvalue weighted by Gasteiger charge is 2.50. The van der Waals surface area contributed by atoms with Gasteiger partial charge in [-0.05, 0) is 31.0 Å². The Hall–Kier alpha value is -2.04. The topological polar surface area (TPSA) is 56.1 Å². The van der Waals surface area contributed by atoms with Crippen molar-refractivity contribution in [3.63, 3.8) is 0 Å². The normalized spacial score (nSPS) is 16.3. The summed E-state index contributed by atoms with van der Waals surface area (Å²) >= 11 is 0. The van der Waals surface area contributed by atoms with E-state index < -0.39 is 0 Å². The number of ether oxygens (including phenoxy) is 1. The monoisotopic (exact) mass is 259 g/mol. The largest absolute Gasteiger partial charge is 0.469 e. The van der Waals surface area contributed by atoms with Gasteiger partial charge >= 0.3 is 5.97 Å². The fraction of sp³-hybridized carbons (Fsp3) is 0.429. The molecule has 5 heteroatoms. The lowest BCUT2D eigenvalue weighted by atomic mass is 10.1. The third-order valence-electron chi connectivity index (χ3n) is 3.83. The van der Waals surface area contributed by atoms with Gasteiger partial charge in [-0.25, -0.2) is 4.98 Å². The second kappa shape index (κ2) is 4.26. The van der Waals surface area contributed by atoms with Crippen LogP contribution in [-0.4, -0.2) is 29.2 Å². The summed E-state index contributed by atoms with van der Waals surface area (Å²) in [5, 5.41) is 3.31. The van der Waals surface area contributed by atoms with Crippen LogP contribution in [0.15, 0.2) is 24.5 Å². The van der Waals surface area contributed by atoms with Crippen molar-refractivity contribution in [2.45, 2.75) is 12.8 Å². The molecule has 3 rings (SSSR count). The third kappa shape index (κ3) is 2.05. The van der Waals surface area contributed by atoms with Crippen LogP contribution in [0.4, 0.5) is 5.69 Å². The number of rotatable bonds is 4. The molecule has 100 valence electrons. The van der Waals surface area contributed by atoms with Crippen molar-refractivity contribution in [3.05, 3.63) is 24.5 Å². The highest BCUT2D eigenvalue weighted by atomic mass is 16.5. The molecule has 1 heterocycles. The van der Waals surface area contributed by atoms with Gasteiger partial charge in [0.15, 0.2) is 0 Å². The van der Waals surface area contributed by atoms with Gasteiger partial charge in [0.1, 0.15) is 0 Å². The second-order valence-electron chi connectivity index (χ2n) is 5.18. The summed E-state index contributed by atoms with van der Waals surface area (Å²) in [7, 11) is 3.42. The lowest BCUT2D eigenvalue weighted by Gasteiger charge is -2.14. The fourth-order valence-corrected chi connectivity index (χ4v) is 2.34. The van der Waals surface area contributed by atoms with E-state index in [0.717, 1.165) is 29.6 Å². The van der Waals surface area contributed by atoms with Crippen molar-refractivity contribution in [1.29, 1.82) is 0 Å². The van der Waals surface area contributed by atoms with Crippen LogP contribution in [0.3, 0.4) is 0 Å². The molecule has 19 heavy (non-hydrogen) atoms.